The third-order valence-electron chi connectivity index (χ3n) is 3.54. The van der Waals surface area contributed by atoms with Crippen LogP contribution in [0.4, 0.5) is 0 Å². The topological polar surface area (TPSA) is 47.9 Å². The molecule has 0 amide bonds. The summed E-state index contributed by atoms with van der Waals surface area (Å²) in [4.78, 5) is 0. The van der Waals surface area contributed by atoms with Crippen LogP contribution in [0.25, 0.3) is 0 Å². The molecule has 0 aromatic heterocycles. The number of benzene rings is 1. The monoisotopic (exact) mass is 236 g/mol. The van der Waals surface area contributed by atoms with Gasteiger partial charge in [0, 0.05) is 24.5 Å². The summed E-state index contributed by atoms with van der Waals surface area (Å²) in [6.45, 7) is 1.26. The molecule has 0 aliphatic carbocycles. The van der Waals surface area contributed by atoms with Gasteiger partial charge in [0.1, 0.15) is 17.1 Å². The molecule has 1 fully saturated rings. The van der Waals surface area contributed by atoms with E-state index in [-0.39, 0.29) is 5.60 Å². The van der Waals surface area contributed by atoms with Gasteiger partial charge in [-0.2, -0.15) is 0 Å². The highest BCUT2D eigenvalue weighted by Crippen LogP contribution is 2.44. The first-order valence-corrected chi connectivity index (χ1v) is 5.85. The Morgan fingerprint density at radius 2 is 2.35 bits per heavy atom. The highest BCUT2D eigenvalue weighted by atomic mass is 16.6. The average Bonchev–Trinajstić information content (AvgIpc) is 2.76. The Bertz CT molecular complexity index is 423. The van der Waals surface area contributed by atoms with Crippen LogP contribution in [0.3, 0.4) is 0 Å². The summed E-state index contributed by atoms with van der Waals surface area (Å²) in [5, 5.41) is 10.2. The smallest absolute Gasteiger partial charge is 0.137 e. The molecule has 17 heavy (non-hydrogen) atoms. The van der Waals surface area contributed by atoms with Gasteiger partial charge >= 0.3 is 0 Å². The molecule has 1 N–H and O–H groups in total. The number of rotatable bonds is 1. The Hall–Kier alpha value is -1.26. The lowest BCUT2D eigenvalue weighted by molar-refractivity contribution is -0.0195. The molecule has 0 saturated carbocycles. The fourth-order valence-electron chi connectivity index (χ4n) is 2.57. The maximum atomic E-state index is 10.2. The molecule has 0 radical (unpaired) electrons. The second-order valence-corrected chi connectivity index (χ2v) is 4.71. The van der Waals surface area contributed by atoms with Crippen LogP contribution in [-0.2, 0) is 4.74 Å². The van der Waals surface area contributed by atoms with Crippen molar-refractivity contribution in [2.45, 2.75) is 24.5 Å². The highest BCUT2D eigenvalue weighted by molar-refractivity contribution is 5.44. The van der Waals surface area contributed by atoms with Crippen molar-refractivity contribution in [3.05, 3.63) is 23.8 Å². The molecular weight excluding hydrogens is 220 g/mol. The van der Waals surface area contributed by atoms with E-state index in [0.717, 1.165) is 17.7 Å². The van der Waals surface area contributed by atoms with Crippen LogP contribution in [-0.4, -0.2) is 31.0 Å². The molecule has 1 spiro atoms. The number of ether oxygens (including phenoxy) is 3. The van der Waals surface area contributed by atoms with Crippen molar-refractivity contribution in [2.75, 3.05) is 20.3 Å². The van der Waals surface area contributed by atoms with Crippen molar-refractivity contribution in [2.24, 2.45) is 0 Å². The van der Waals surface area contributed by atoms with Crippen molar-refractivity contribution in [1.82, 2.24) is 0 Å². The van der Waals surface area contributed by atoms with Gasteiger partial charge in [-0.1, -0.05) is 0 Å². The number of hydrogen-bond donors (Lipinski definition) is 1. The summed E-state index contributed by atoms with van der Waals surface area (Å²) in [5.74, 6) is 1.46. The number of methoxy groups -OCH3 is 1. The predicted molar refractivity (Wildman–Crippen MR) is 61.4 cm³/mol. The van der Waals surface area contributed by atoms with Crippen LogP contribution in [0, 0.1) is 0 Å². The van der Waals surface area contributed by atoms with Crippen LogP contribution in [0.1, 0.15) is 24.5 Å². The Kier molecular flexibility index (Phi) is 2.49. The van der Waals surface area contributed by atoms with Crippen molar-refractivity contribution >= 4 is 0 Å². The molecule has 2 aliphatic heterocycles. The summed E-state index contributed by atoms with van der Waals surface area (Å²) >= 11 is 0. The van der Waals surface area contributed by atoms with Gasteiger partial charge in [-0.3, -0.25) is 0 Å². The van der Waals surface area contributed by atoms with Crippen LogP contribution in [0.5, 0.6) is 11.5 Å². The first-order valence-electron chi connectivity index (χ1n) is 5.85. The SMILES string of the molecule is COc1ccc2c(c1)OC1(CCOC1)CC2O. The number of fused-ring (bicyclic) bond motifs is 1. The van der Waals surface area contributed by atoms with Crippen molar-refractivity contribution < 1.29 is 19.3 Å². The largest absolute Gasteiger partial charge is 0.497 e. The van der Waals surface area contributed by atoms with E-state index in [4.69, 9.17) is 14.2 Å². The number of aliphatic hydroxyl groups is 1. The molecule has 2 heterocycles. The summed E-state index contributed by atoms with van der Waals surface area (Å²) in [7, 11) is 1.62. The summed E-state index contributed by atoms with van der Waals surface area (Å²) < 4.78 is 16.6. The maximum absolute atomic E-state index is 10.2. The molecule has 2 atom stereocenters. The zero-order valence-corrected chi connectivity index (χ0v) is 9.81. The maximum Gasteiger partial charge on any atom is 0.137 e. The molecule has 2 unspecified atom stereocenters. The van der Waals surface area contributed by atoms with Crippen LogP contribution in [0.2, 0.25) is 0 Å². The van der Waals surface area contributed by atoms with E-state index in [1.54, 1.807) is 7.11 Å². The number of aliphatic hydroxyl groups excluding tert-OH is 1. The molecule has 1 aromatic rings. The Balaban J connectivity index is 1.97. The zero-order chi connectivity index (χ0) is 11.9. The second kappa shape index (κ2) is 3.89. The van der Waals surface area contributed by atoms with E-state index in [1.807, 2.05) is 18.2 Å². The first kappa shape index (κ1) is 10.9. The van der Waals surface area contributed by atoms with Gasteiger partial charge in [0.25, 0.3) is 0 Å². The molecular formula is C13H16O4. The average molecular weight is 236 g/mol. The lowest BCUT2D eigenvalue weighted by Crippen LogP contribution is -2.41. The Morgan fingerprint density at radius 3 is 3.06 bits per heavy atom. The van der Waals surface area contributed by atoms with Crippen LogP contribution < -0.4 is 9.47 Å². The van der Waals surface area contributed by atoms with Gasteiger partial charge in [-0.05, 0) is 12.1 Å². The fourth-order valence-corrected chi connectivity index (χ4v) is 2.57. The third-order valence-corrected chi connectivity index (χ3v) is 3.54. The lowest BCUT2D eigenvalue weighted by Gasteiger charge is -2.37. The van der Waals surface area contributed by atoms with E-state index in [2.05, 4.69) is 0 Å². The van der Waals surface area contributed by atoms with Crippen molar-refractivity contribution in [3.8, 4) is 11.5 Å². The van der Waals surface area contributed by atoms with Crippen molar-refractivity contribution in [3.63, 3.8) is 0 Å². The predicted octanol–water partition coefficient (Wildman–Crippen LogP) is 1.67. The molecule has 2 aliphatic rings. The highest BCUT2D eigenvalue weighted by Gasteiger charge is 2.43. The van der Waals surface area contributed by atoms with Gasteiger partial charge in [-0.15, -0.1) is 0 Å². The molecule has 0 bridgehead atoms. The van der Waals surface area contributed by atoms with E-state index in [0.29, 0.717) is 25.4 Å². The summed E-state index contributed by atoms with van der Waals surface area (Å²) in [6, 6.07) is 5.54. The molecule has 3 rings (SSSR count). The number of hydrogen-bond acceptors (Lipinski definition) is 4. The molecule has 1 saturated heterocycles. The van der Waals surface area contributed by atoms with Gasteiger partial charge < -0.3 is 19.3 Å². The Labute approximate surface area is 100 Å². The molecule has 92 valence electrons. The van der Waals surface area contributed by atoms with Gasteiger partial charge in [-0.25, -0.2) is 0 Å². The minimum Gasteiger partial charge on any atom is -0.497 e. The fraction of sp³-hybridized carbons (Fsp3) is 0.538. The Morgan fingerprint density at radius 1 is 1.47 bits per heavy atom. The van der Waals surface area contributed by atoms with E-state index >= 15 is 0 Å². The van der Waals surface area contributed by atoms with Crippen LogP contribution >= 0.6 is 0 Å². The van der Waals surface area contributed by atoms with E-state index in [9.17, 15) is 5.11 Å². The quantitative estimate of drug-likeness (QED) is 0.805. The standard InChI is InChI=1S/C13H16O4/c1-15-9-2-3-10-11(14)7-13(4-5-16-8-13)17-12(10)6-9/h2-3,6,11,14H,4-5,7-8H2,1H3. The first-order chi connectivity index (χ1) is 8.22. The third kappa shape index (κ3) is 1.77. The van der Waals surface area contributed by atoms with Gasteiger partial charge in [0.15, 0.2) is 0 Å². The summed E-state index contributed by atoms with van der Waals surface area (Å²) in [5.41, 5.74) is 0.488. The molecule has 4 heteroatoms. The van der Waals surface area contributed by atoms with E-state index < -0.39 is 6.10 Å². The summed E-state index contributed by atoms with van der Waals surface area (Å²) in [6.07, 6.45) is 0.957. The van der Waals surface area contributed by atoms with Gasteiger partial charge in [0.2, 0.25) is 0 Å². The second-order valence-electron chi connectivity index (χ2n) is 4.71. The lowest BCUT2D eigenvalue weighted by atomic mass is 9.88. The van der Waals surface area contributed by atoms with E-state index in [1.165, 1.54) is 0 Å². The zero-order valence-electron chi connectivity index (χ0n) is 9.81. The normalized spacial score (nSPS) is 31.1. The van der Waals surface area contributed by atoms with Crippen molar-refractivity contribution in [1.29, 1.82) is 0 Å². The molecule has 4 nitrogen and oxygen atoms in total. The minimum absolute atomic E-state index is 0.348. The van der Waals surface area contributed by atoms with Crippen LogP contribution in [0.15, 0.2) is 18.2 Å². The van der Waals surface area contributed by atoms with Gasteiger partial charge in [0.05, 0.1) is 26.4 Å². The molecule has 1 aromatic carbocycles. The minimum atomic E-state index is -0.480.